The van der Waals surface area contributed by atoms with Crippen molar-refractivity contribution in [1.82, 2.24) is 9.21 Å². The van der Waals surface area contributed by atoms with Crippen LogP contribution in [0, 0.1) is 5.92 Å². The second-order valence-corrected chi connectivity index (χ2v) is 8.38. The first-order valence-electron chi connectivity index (χ1n) is 7.86. The summed E-state index contributed by atoms with van der Waals surface area (Å²) in [6, 6.07) is 0.359. The predicted octanol–water partition coefficient (Wildman–Crippen LogP) is 0.518. The molecule has 0 spiro atoms. The SMILES string of the molecule is COC1CCN(CC2CCCN(S(C)(=O)=O)C2)C(CN)C1.Cl. The van der Waals surface area contributed by atoms with E-state index in [1.165, 1.54) is 6.26 Å². The van der Waals surface area contributed by atoms with Crippen molar-refractivity contribution in [2.75, 3.05) is 46.1 Å². The van der Waals surface area contributed by atoms with Gasteiger partial charge in [0.2, 0.25) is 10.0 Å². The van der Waals surface area contributed by atoms with Crippen molar-refractivity contribution in [3.63, 3.8) is 0 Å². The van der Waals surface area contributed by atoms with E-state index in [-0.39, 0.29) is 12.4 Å². The van der Waals surface area contributed by atoms with Crippen molar-refractivity contribution < 1.29 is 13.2 Å². The Morgan fingerprint density at radius 1 is 1.27 bits per heavy atom. The van der Waals surface area contributed by atoms with E-state index < -0.39 is 10.0 Å². The number of rotatable bonds is 5. The summed E-state index contributed by atoms with van der Waals surface area (Å²) in [4.78, 5) is 2.44. The Balaban J connectivity index is 0.00000242. The highest BCUT2D eigenvalue weighted by atomic mass is 35.5. The summed E-state index contributed by atoms with van der Waals surface area (Å²) < 4.78 is 30.5. The molecule has 0 aromatic carbocycles. The summed E-state index contributed by atoms with van der Waals surface area (Å²) in [6.07, 6.45) is 5.70. The van der Waals surface area contributed by atoms with E-state index in [2.05, 4.69) is 4.90 Å². The number of sulfonamides is 1. The highest BCUT2D eigenvalue weighted by Gasteiger charge is 2.32. The predicted molar refractivity (Wildman–Crippen MR) is 90.8 cm³/mol. The highest BCUT2D eigenvalue weighted by molar-refractivity contribution is 7.88. The van der Waals surface area contributed by atoms with E-state index in [9.17, 15) is 8.42 Å². The molecular weight excluding hydrogens is 326 g/mol. The van der Waals surface area contributed by atoms with Gasteiger partial charge in [0, 0.05) is 45.9 Å². The van der Waals surface area contributed by atoms with Crippen LogP contribution in [0.1, 0.15) is 25.7 Å². The van der Waals surface area contributed by atoms with Gasteiger partial charge in [0.25, 0.3) is 0 Å². The van der Waals surface area contributed by atoms with Gasteiger partial charge in [0.1, 0.15) is 0 Å². The smallest absolute Gasteiger partial charge is 0.211 e. The number of halogens is 1. The molecular formula is C14H30ClN3O3S. The number of hydrogen-bond acceptors (Lipinski definition) is 5. The molecule has 8 heteroatoms. The average molecular weight is 356 g/mol. The molecule has 0 amide bonds. The standard InChI is InChI=1S/C14H29N3O3S.ClH/c1-20-14-5-7-16(13(8-14)9-15)10-12-4-3-6-17(11-12)21(2,18)19;/h12-14H,3-11,15H2,1-2H3;1H. The first kappa shape index (κ1) is 20.1. The summed E-state index contributed by atoms with van der Waals surface area (Å²) in [5.41, 5.74) is 5.91. The zero-order chi connectivity index (χ0) is 15.5. The molecule has 3 atom stereocenters. The van der Waals surface area contributed by atoms with Crippen molar-refractivity contribution in [1.29, 1.82) is 0 Å². The largest absolute Gasteiger partial charge is 0.381 e. The van der Waals surface area contributed by atoms with Crippen LogP contribution in [0.2, 0.25) is 0 Å². The van der Waals surface area contributed by atoms with Crippen LogP contribution in [-0.4, -0.2) is 75.9 Å². The molecule has 6 nitrogen and oxygen atoms in total. The monoisotopic (exact) mass is 355 g/mol. The maximum absolute atomic E-state index is 11.7. The summed E-state index contributed by atoms with van der Waals surface area (Å²) in [5, 5.41) is 0. The quantitative estimate of drug-likeness (QED) is 0.778. The zero-order valence-corrected chi connectivity index (χ0v) is 15.2. The Kier molecular flexibility index (Phi) is 8.05. The van der Waals surface area contributed by atoms with Crippen molar-refractivity contribution in [3.05, 3.63) is 0 Å². The number of methoxy groups -OCH3 is 1. The fourth-order valence-electron chi connectivity index (χ4n) is 3.57. The average Bonchev–Trinajstić information content (AvgIpc) is 2.47. The van der Waals surface area contributed by atoms with E-state index >= 15 is 0 Å². The van der Waals surface area contributed by atoms with Crippen LogP contribution in [0.4, 0.5) is 0 Å². The van der Waals surface area contributed by atoms with E-state index in [0.29, 0.717) is 37.7 Å². The first-order valence-corrected chi connectivity index (χ1v) is 9.71. The fraction of sp³-hybridized carbons (Fsp3) is 1.00. The summed E-state index contributed by atoms with van der Waals surface area (Å²) in [6.45, 7) is 3.91. The minimum Gasteiger partial charge on any atom is -0.381 e. The summed E-state index contributed by atoms with van der Waals surface area (Å²) in [5.74, 6) is 0.418. The summed E-state index contributed by atoms with van der Waals surface area (Å²) in [7, 11) is -1.30. The molecule has 0 saturated carbocycles. The van der Waals surface area contributed by atoms with Crippen LogP contribution in [0.5, 0.6) is 0 Å². The molecule has 3 unspecified atom stereocenters. The van der Waals surface area contributed by atoms with Gasteiger partial charge < -0.3 is 10.5 Å². The van der Waals surface area contributed by atoms with Crippen molar-refractivity contribution in [3.8, 4) is 0 Å². The number of piperidine rings is 2. The minimum absolute atomic E-state index is 0. The van der Waals surface area contributed by atoms with Crippen LogP contribution >= 0.6 is 12.4 Å². The Labute approximate surface area is 140 Å². The van der Waals surface area contributed by atoms with Crippen LogP contribution in [0.3, 0.4) is 0 Å². The first-order chi connectivity index (χ1) is 9.94. The Morgan fingerprint density at radius 3 is 2.59 bits per heavy atom. The third kappa shape index (κ3) is 5.32. The van der Waals surface area contributed by atoms with Gasteiger partial charge in [0.05, 0.1) is 12.4 Å². The topological polar surface area (TPSA) is 75.9 Å². The van der Waals surface area contributed by atoms with Crippen LogP contribution in [0.25, 0.3) is 0 Å². The zero-order valence-electron chi connectivity index (χ0n) is 13.6. The number of hydrogen-bond donors (Lipinski definition) is 1. The lowest BCUT2D eigenvalue weighted by Crippen LogP contribution is -2.52. The molecule has 0 aliphatic carbocycles. The van der Waals surface area contributed by atoms with E-state index in [0.717, 1.165) is 38.8 Å². The van der Waals surface area contributed by atoms with Gasteiger partial charge in [-0.05, 0) is 31.6 Å². The third-order valence-electron chi connectivity index (χ3n) is 4.84. The number of nitrogens with two attached hydrogens (primary N) is 1. The van der Waals surface area contributed by atoms with Gasteiger partial charge in [-0.1, -0.05) is 0 Å². The lowest BCUT2D eigenvalue weighted by molar-refractivity contribution is 0.00483. The number of likely N-dealkylation sites (tertiary alicyclic amines) is 1. The normalized spacial score (nSPS) is 31.7. The Bertz CT molecular complexity index is 435. The summed E-state index contributed by atoms with van der Waals surface area (Å²) >= 11 is 0. The molecule has 2 aliphatic rings. The van der Waals surface area contributed by atoms with Crippen LogP contribution in [0.15, 0.2) is 0 Å². The molecule has 2 N–H and O–H groups in total. The Morgan fingerprint density at radius 2 is 2.00 bits per heavy atom. The Hall–Kier alpha value is 0.0800. The van der Waals surface area contributed by atoms with E-state index in [4.69, 9.17) is 10.5 Å². The van der Waals surface area contributed by atoms with Gasteiger partial charge in [-0.25, -0.2) is 12.7 Å². The second-order valence-electron chi connectivity index (χ2n) is 6.40. The van der Waals surface area contributed by atoms with Crippen molar-refractivity contribution in [2.45, 2.75) is 37.8 Å². The lowest BCUT2D eigenvalue weighted by Gasteiger charge is -2.41. The fourth-order valence-corrected chi connectivity index (χ4v) is 4.51. The maximum atomic E-state index is 11.7. The minimum atomic E-state index is -3.06. The van der Waals surface area contributed by atoms with E-state index in [1.54, 1.807) is 11.4 Å². The third-order valence-corrected chi connectivity index (χ3v) is 6.11. The van der Waals surface area contributed by atoms with Crippen molar-refractivity contribution in [2.24, 2.45) is 11.7 Å². The van der Waals surface area contributed by atoms with Gasteiger partial charge in [0.15, 0.2) is 0 Å². The van der Waals surface area contributed by atoms with Gasteiger partial charge in [-0.3, -0.25) is 4.90 Å². The molecule has 0 radical (unpaired) electrons. The maximum Gasteiger partial charge on any atom is 0.211 e. The number of ether oxygens (including phenoxy) is 1. The number of nitrogens with zero attached hydrogens (tertiary/aromatic N) is 2. The van der Waals surface area contributed by atoms with Gasteiger partial charge in [-0.2, -0.15) is 0 Å². The van der Waals surface area contributed by atoms with Gasteiger partial charge >= 0.3 is 0 Å². The lowest BCUT2D eigenvalue weighted by atomic mass is 9.94. The molecule has 2 heterocycles. The van der Waals surface area contributed by atoms with Crippen LogP contribution in [-0.2, 0) is 14.8 Å². The molecule has 0 aromatic rings. The molecule has 2 fully saturated rings. The molecule has 0 aromatic heterocycles. The molecule has 0 bridgehead atoms. The van der Waals surface area contributed by atoms with E-state index in [1.807, 2.05) is 0 Å². The molecule has 2 rings (SSSR count). The van der Waals surface area contributed by atoms with Crippen molar-refractivity contribution >= 4 is 22.4 Å². The van der Waals surface area contributed by atoms with Crippen LogP contribution < -0.4 is 5.73 Å². The van der Waals surface area contributed by atoms with Gasteiger partial charge in [-0.15, -0.1) is 12.4 Å². The highest BCUT2D eigenvalue weighted by Crippen LogP contribution is 2.24. The molecule has 2 saturated heterocycles. The second kappa shape index (κ2) is 8.80. The molecule has 2 aliphatic heterocycles. The molecule has 22 heavy (non-hydrogen) atoms. The molecule has 132 valence electrons.